The average molecular weight is 369 g/mol. The zero-order chi connectivity index (χ0) is 15.2. The molecule has 0 aliphatic carbocycles. The first kappa shape index (κ1) is 16.3. The molecule has 2 rings (SSSR count). The van der Waals surface area contributed by atoms with E-state index < -0.39 is 0 Å². The standard InChI is InChI=1S/C17H19BrClNO/c1-20-15(9-12-7-8-14(18)11-16(12)19)10-13-5-3-4-6-17(13)21-2/h3-8,11,15,20H,9-10H2,1-2H3. The van der Waals surface area contributed by atoms with Crippen LogP contribution in [-0.4, -0.2) is 20.2 Å². The van der Waals surface area contributed by atoms with Crippen LogP contribution >= 0.6 is 27.5 Å². The van der Waals surface area contributed by atoms with Crippen LogP contribution in [0.1, 0.15) is 11.1 Å². The fourth-order valence-electron chi connectivity index (χ4n) is 2.37. The molecule has 21 heavy (non-hydrogen) atoms. The first-order valence-corrected chi connectivity index (χ1v) is 8.04. The number of hydrogen-bond donors (Lipinski definition) is 1. The summed E-state index contributed by atoms with van der Waals surface area (Å²) in [6, 6.07) is 14.5. The van der Waals surface area contributed by atoms with Crippen LogP contribution in [0.5, 0.6) is 5.75 Å². The van der Waals surface area contributed by atoms with Crippen LogP contribution in [0.25, 0.3) is 0 Å². The fraction of sp³-hybridized carbons (Fsp3) is 0.294. The number of ether oxygens (including phenoxy) is 1. The maximum absolute atomic E-state index is 6.31. The molecule has 0 saturated heterocycles. The van der Waals surface area contributed by atoms with Crippen LogP contribution in [0.4, 0.5) is 0 Å². The minimum absolute atomic E-state index is 0.306. The highest BCUT2D eigenvalue weighted by molar-refractivity contribution is 9.10. The number of halogens is 2. The van der Waals surface area contributed by atoms with E-state index in [1.807, 2.05) is 37.4 Å². The maximum atomic E-state index is 6.31. The first-order valence-electron chi connectivity index (χ1n) is 6.87. The van der Waals surface area contributed by atoms with E-state index in [1.54, 1.807) is 7.11 Å². The fourth-order valence-corrected chi connectivity index (χ4v) is 3.12. The number of methoxy groups -OCH3 is 1. The Kier molecular flexibility index (Phi) is 6.09. The molecule has 1 unspecified atom stereocenters. The molecule has 0 radical (unpaired) electrons. The Hall–Kier alpha value is -1.03. The number of hydrogen-bond acceptors (Lipinski definition) is 2. The van der Waals surface area contributed by atoms with Crippen LogP contribution in [0.2, 0.25) is 5.02 Å². The zero-order valence-corrected chi connectivity index (χ0v) is 14.5. The van der Waals surface area contributed by atoms with E-state index in [0.717, 1.165) is 33.6 Å². The molecule has 0 aromatic heterocycles. The van der Waals surface area contributed by atoms with Crippen molar-refractivity contribution in [1.82, 2.24) is 5.32 Å². The van der Waals surface area contributed by atoms with Gasteiger partial charge in [-0.05, 0) is 49.2 Å². The third-order valence-electron chi connectivity index (χ3n) is 3.55. The Balaban J connectivity index is 2.13. The van der Waals surface area contributed by atoms with Crippen LogP contribution in [0.15, 0.2) is 46.9 Å². The number of rotatable bonds is 6. The van der Waals surface area contributed by atoms with Gasteiger partial charge in [-0.25, -0.2) is 0 Å². The largest absolute Gasteiger partial charge is 0.496 e. The van der Waals surface area contributed by atoms with Gasteiger partial charge in [0.1, 0.15) is 5.75 Å². The smallest absolute Gasteiger partial charge is 0.122 e. The Morgan fingerprint density at radius 3 is 2.52 bits per heavy atom. The molecule has 4 heteroatoms. The van der Waals surface area contributed by atoms with Crippen LogP contribution in [0, 0.1) is 0 Å². The van der Waals surface area contributed by atoms with E-state index in [4.69, 9.17) is 16.3 Å². The van der Waals surface area contributed by atoms with E-state index in [-0.39, 0.29) is 0 Å². The number of para-hydroxylation sites is 1. The topological polar surface area (TPSA) is 21.3 Å². The number of nitrogens with one attached hydrogen (secondary N) is 1. The Morgan fingerprint density at radius 1 is 1.14 bits per heavy atom. The van der Waals surface area contributed by atoms with E-state index in [0.29, 0.717) is 6.04 Å². The van der Waals surface area contributed by atoms with Crippen molar-refractivity contribution < 1.29 is 4.74 Å². The Morgan fingerprint density at radius 2 is 1.86 bits per heavy atom. The molecular formula is C17H19BrClNO. The lowest BCUT2D eigenvalue weighted by molar-refractivity contribution is 0.406. The lowest BCUT2D eigenvalue weighted by Crippen LogP contribution is -2.30. The van der Waals surface area contributed by atoms with Gasteiger partial charge in [-0.15, -0.1) is 0 Å². The molecule has 0 aliphatic heterocycles. The van der Waals surface area contributed by atoms with Gasteiger partial charge in [-0.2, -0.15) is 0 Å². The first-order chi connectivity index (χ1) is 10.1. The highest BCUT2D eigenvalue weighted by Gasteiger charge is 2.13. The second kappa shape index (κ2) is 7.83. The van der Waals surface area contributed by atoms with Gasteiger partial charge < -0.3 is 10.1 Å². The van der Waals surface area contributed by atoms with Crippen molar-refractivity contribution in [1.29, 1.82) is 0 Å². The molecule has 0 spiro atoms. The average Bonchev–Trinajstić information content (AvgIpc) is 2.49. The van der Waals surface area contributed by atoms with E-state index >= 15 is 0 Å². The lowest BCUT2D eigenvalue weighted by Gasteiger charge is -2.18. The molecule has 0 saturated carbocycles. The van der Waals surface area contributed by atoms with Gasteiger partial charge in [0.2, 0.25) is 0 Å². The quantitative estimate of drug-likeness (QED) is 0.811. The van der Waals surface area contributed by atoms with Crippen molar-refractivity contribution >= 4 is 27.5 Å². The normalized spacial score (nSPS) is 12.2. The van der Waals surface area contributed by atoms with Gasteiger partial charge in [-0.1, -0.05) is 51.8 Å². The number of benzene rings is 2. The summed E-state index contributed by atoms with van der Waals surface area (Å²) in [5.41, 5.74) is 2.35. The predicted octanol–water partition coefficient (Wildman–Crippen LogP) is 4.48. The minimum atomic E-state index is 0.306. The number of likely N-dealkylation sites (N-methyl/N-ethyl adjacent to an activating group) is 1. The van der Waals surface area contributed by atoms with Crippen molar-refractivity contribution in [2.75, 3.05) is 14.2 Å². The summed E-state index contributed by atoms with van der Waals surface area (Å²) in [7, 11) is 3.69. The zero-order valence-electron chi connectivity index (χ0n) is 12.2. The maximum Gasteiger partial charge on any atom is 0.122 e. The molecule has 2 aromatic rings. The van der Waals surface area contributed by atoms with Gasteiger partial charge in [0.15, 0.2) is 0 Å². The third kappa shape index (κ3) is 4.47. The van der Waals surface area contributed by atoms with Crippen molar-refractivity contribution in [3.63, 3.8) is 0 Å². The molecule has 0 amide bonds. The van der Waals surface area contributed by atoms with Crippen LogP contribution < -0.4 is 10.1 Å². The summed E-state index contributed by atoms with van der Waals surface area (Å²) in [6.45, 7) is 0. The molecule has 0 bridgehead atoms. The highest BCUT2D eigenvalue weighted by atomic mass is 79.9. The minimum Gasteiger partial charge on any atom is -0.496 e. The van der Waals surface area contributed by atoms with Crippen molar-refractivity contribution in [3.8, 4) is 5.75 Å². The summed E-state index contributed by atoms with van der Waals surface area (Å²) < 4.78 is 6.42. The summed E-state index contributed by atoms with van der Waals surface area (Å²) in [5.74, 6) is 0.930. The van der Waals surface area contributed by atoms with Crippen molar-refractivity contribution in [3.05, 3.63) is 63.1 Å². The van der Waals surface area contributed by atoms with E-state index in [1.165, 1.54) is 5.56 Å². The predicted molar refractivity (Wildman–Crippen MR) is 92.4 cm³/mol. The molecule has 1 N–H and O–H groups in total. The SMILES string of the molecule is CNC(Cc1ccc(Br)cc1Cl)Cc1ccccc1OC. The molecule has 0 fully saturated rings. The monoisotopic (exact) mass is 367 g/mol. The van der Waals surface area contributed by atoms with Crippen molar-refractivity contribution in [2.45, 2.75) is 18.9 Å². The Bertz CT molecular complexity index is 603. The lowest BCUT2D eigenvalue weighted by atomic mass is 9.98. The second-order valence-corrected chi connectivity index (χ2v) is 6.26. The third-order valence-corrected chi connectivity index (χ3v) is 4.39. The summed E-state index contributed by atoms with van der Waals surface area (Å²) >= 11 is 9.75. The van der Waals surface area contributed by atoms with Crippen LogP contribution in [0.3, 0.4) is 0 Å². The van der Waals surface area contributed by atoms with E-state index in [9.17, 15) is 0 Å². The molecule has 1 atom stereocenters. The highest BCUT2D eigenvalue weighted by Crippen LogP contribution is 2.24. The summed E-state index contributed by atoms with van der Waals surface area (Å²) in [4.78, 5) is 0. The van der Waals surface area contributed by atoms with Gasteiger partial charge in [0.25, 0.3) is 0 Å². The summed E-state index contributed by atoms with van der Waals surface area (Å²) in [6.07, 6.45) is 1.77. The van der Waals surface area contributed by atoms with Crippen LogP contribution in [-0.2, 0) is 12.8 Å². The van der Waals surface area contributed by atoms with Gasteiger partial charge in [0.05, 0.1) is 7.11 Å². The summed E-state index contributed by atoms with van der Waals surface area (Å²) in [5, 5.41) is 4.16. The Labute approximate surface area is 139 Å². The molecule has 2 nitrogen and oxygen atoms in total. The van der Waals surface area contributed by atoms with E-state index in [2.05, 4.69) is 33.4 Å². The molecule has 0 aliphatic rings. The second-order valence-electron chi connectivity index (χ2n) is 4.94. The molecule has 0 heterocycles. The van der Waals surface area contributed by atoms with Gasteiger partial charge >= 0.3 is 0 Å². The van der Waals surface area contributed by atoms with Gasteiger partial charge in [0, 0.05) is 15.5 Å². The van der Waals surface area contributed by atoms with Crippen molar-refractivity contribution in [2.24, 2.45) is 0 Å². The molecule has 2 aromatic carbocycles. The molecule has 112 valence electrons. The van der Waals surface area contributed by atoms with Gasteiger partial charge in [-0.3, -0.25) is 0 Å². The molecular weight excluding hydrogens is 350 g/mol.